The van der Waals surface area contributed by atoms with Gasteiger partial charge in [-0.1, -0.05) is 19.8 Å². The Hall–Kier alpha value is -0.570. The molecule has 3 fully saturated rings. The van der Waals surface area contributed by atoms with Crippen molar-refractivity contribution in [1.29, 1.82) is 0 Å². The first-order valence-corrected chi connectivity index (χ1v) is 8.73. The van der Waals surface area contributed by atoms with Gasteiger partial charge in [0.25, 0.3) is 0 Å². The van der Waals surface area contributed by atoms with Crippen LogP contribution in [0, 0.1) is 17.8 Å². The SMILES string of the molecule is CC1CCC(N)C(C(=O)N2CCCC2C2CCCC2)C1. The maximum absolute atomic E-state index is 13.0. The van der Waals surface area contributed by atoms with E-state index in [1.807, 2.05) is 0 Å². The van der Waals surface area contributed by atoms with E-state index in [-0.39, 0.29) is 12.0 Å². The van der Waals surface area contributed by atoms with Crippen LogP contribution in [0.25, 0.3) is 0 Å². The third kappa shape index (κ3) is 2.74. The molecule has 3 aliphatic rings. The number of amides is 1. The second kappa shape index (κ2) is 6.05. The third-order valence-electron chi connectivity index (χ3n) is 6.01. The molecule has 3 heteroatoms. The van der Waals surface area contributed by atoms with Gasteiger partial charge in [-0.05, 0) is 56.8 Å². The predicted molar refractivity (Wildman–Crippen MR) is 81.2 cm³/mol. The van der Waals surface area contributed by atoms with Crippen molar-refractivity contribution in [2.75, 3.05) is 6.54 Å². The van der Waals surface area contributed by atoms with Gasteiger partial charge in [0.1, 0.15) is 0 Å². The van der Waals surface area contributed by atoms with Crippen LogP contribution in [0.4, 0.5) is 0 Å². The second-order valence-electron chi connectivity index (χ2n) is 7.47. The highest BCUT2D eigenvalue weighted by atomic mass is 16.2. The molecule has 4 atom stereocenters. The standard InChI is InChI=1S/C17H30N2O/c1-12-8-9-15(18)14(11-12)17(20)19-10-4-7-16(19)13-5-2-3-6-13/h12-16H,2-11,18H2,1H3. The van der Waals surface area contributed by atoms with E-state index in [0.29, 0.717) is 17.9 Å². The van der Waals surface area contributed by atoms with E-state index in [1.165, 1.54) is 44.9 Å². The molecule has 0 aromatic carbocycles. The third-order valence-corrected chi connectivity index (χ3v) is 6.01. The van der Waals surface area contributed by atoms with Crippen molar-refractivity contribution in [3.05, 3.63) is 0 Å². The predicted octanol–water partition coefficient (Wildman–Crippen LogP) is 2.93. The zero-order valence-corrected chi connectivity index (χ0v) is 12.9. The molecular formula is C17H30N2O. The van der Waals surface area contributed by atoms with Gasteiger partial charge in [0.2, 0.25) is 5.91 Å². The summed E-state index contributed by atoms with van der Waals surface area (Å²) in [5, 5.41) is 0. The van der Waals surface area contributed by atoms with Crippen molar-refractivity contribution in [3.8, 4) is 0 Å². The number of nitrogens with two attached hydrogens (primary N) is 1. The minimum atomic E-state index is 0.0979. The van der Waals surface area contributed by atoms with Crippen molar-refractivity contribution in [1.82, 2.24) is 4.90 Å². The van der Waals surface area contributed by atoms with Crippen molar-refractivity contribution < 1.29 is 4.79 Å². The van der Waals surface area contributed by atoms with Crippen LogP contribution in [0.3, 0.4) is 0 Å². The van der Waals surface area contributed by atoms with Gasteiger partial charge in [-0.3, -0.25) is 4.79 Å². The quantitative estimate of drug-likeness (QED) is 0.844. The number of rotatable bonds is 2. The summed E-state index contributed by atoms with van der Waals surface area (Å²) < 4.78 is 0. The smallest absolute Gasteiger partial charge is 0.227 e. The summed E-state index contributed by atoms with van der Waals surface area (Å²) in [6.45, 7) is 3.25. The van der Waals surface area contributed by atoms with E-state index in [2.05, 4.69) is 11.8 Å². The number of carbonyl (C=O) groups excluding carboxylic acids is 1. The van der Waals surface area contributed by atoms with Crippen LogP contribution in [0.15, 0.2) is 0 Å². The highest BCUT2D eigenvalue weighted by Gasteiger charge is 2.41. The Bertz CT molecular complexity index is 351. The summed E-state index contributed by atoms with van der Waals surface area (Å²) in [6.07, 6.45) is 11.1. The number of hydrogen-bond donors (Lipinski definition) is 1. The molecule has 4 unspecified atom stereocenters. The lowest BCUT2D eigenvalue weighted by Gasteiger charge is -2.37. The molecule has 2 saturated carbocycles. The van der Waals surface area contributed by atoms with Crippen LogP contribution in [-0.2, 0) is 4.79 Å². The first kappa shape index (κ1) is 14.4. The molecule has 0 radical (unpaired) electrons. The van der Waals surface area contributed by atoms with Crippen molar-refractivity contribution >= 4 is 5.91 Å². The minimum absolute atomic E-state index is 0.0979. The molecule has 3 nitrogen and oxygen atoms in total. The Kier molecular flexibility index (Phi) is 4.34. The summed E-state index contributed by atoms with van der Waals surface area (Å²) in [4.78, 5) is 15.2. The normalized spacial score (nSPS) is 39.4. The van der Waals surface area contributed by atoms with Gasteiger partial charge in [-0.2, -0.15) is 0 Å². The van der Waals surface area contributed by atoms with Crippen LogP contribution < -0.4 is 5.73 Å². The monoisotopic (exact) mass is 278 g/mol. The number of hydrogen-bond acceptors (Lipinski definition) is 2. The molecule has 1 heterocycles. The van der Waals surface area contributed by atoms with Crippen LogP contribution >= 0.6 is 0 Å². The summed E-state index contributed by atoms with van der Waals surface area (Å²) in [7, 11) is 0. The van der Waals surface area contributed by atoms with E-state index in [1.54, 1.807) is 0 Å². The maximum atomic E-state index is 13.0. The lowest BCUT2D eigenvalue weighted by atomic mass is 9.78. The van der Waals surface area contributed by atoms with E-state index in [4.69, 9.17) is 5.73 Å². The van der Waals surface area contributed by atoms with E-state index in [9.17, 15) is 4.79 Å². The molecule has 1 aliphatic heterocycles. The molecule has 0 aromatic rings. The topological polar surface area (TPSA) is 46.3 Å². The van der Waals surface area contributed by atoms with Crippen LogP contribution in [0.5, 0.6) is 0 Å². The van der Waals surface area contributed by atoms with Gasteiger partial charge < -0.3 is 10.6 Å². The molecule has 20 heavy (non-hydrogen) atoms. The first-order chi connectivity index (χ1) is 9.66. The first-order valence-electron chi connectivity index (χ1n) is 8.73. The molecule has 1 amide bonds. The lowest BCUT2D eigenvalue weighted by molar-refractivity contribution is -0.139. The highest BCUT2D eigenvalue weighted by molar-refractivity contribution is 5.80. The van der Waals surface area contributed by atoms with Crippen molar-refractivity contribution in [3.63, 3.8) is 0 Å². The van der Waals surface area contributed by atoms with E-state index >= 15 is 0 Å². The highest BCUT2D eigenvalue weighted by Crippen LogP contribution is 2.37. The summed E-state index contributed by atoms with van der Waals surface area (Å²) in [5.74, 6) is 1.93. The van der Waals surface area contributed by atoms with Gasteiger partial charge in [-0.25, -0.2) is 0 Å². The Balaban J connectivity index is 1.68. The van der Waals surface area contributed by atoms with E-state index < -0.39 is 0 Å². The number of likely N-dealkylation sites (tertiary alicyclic amines) is 1. The molecule has 114 valence electrons. The Morgan fingerprint density at radius 2 is 1.80 bits per heavy atom. The maximum Gasteiger partial charge on any atom is 0.227 e. The van der Waals surface area contributed by atoms with E-state index in [0.717, 1.165) is 25.3 Å². The van der Waals surface area contributed by atoms with Gasteiger partial charge >= 0.3 is 0 Å². The largest absolute Gasteiger partial charge is 0.339 e. The van der Waals surface area contributed by atoms with Crippen molar-refractivity contribution in [2.24, 2.45) is 23.5 Å². The molecular weight excluding hydrogens is 248 g/mol. The fraction of sp³-hybridized carbons (Fsp3) is 0.941. The molecule has 0 spiro atoms. The van der Waals surface area contributed by atoms with Crippen molar-refractivity contribution in [2.45, 2.75) is 76.8 Å². The minimum Gasteiger partial charge on any atom is -0.339 e. The fourth-order valence-electron chi connectivity index (χ4n) is 4.80. The van der Waals surface area contributed by atoms with Gasteiger partial charge in [0.15, 0.2) is 0 Å². The van der Waals surface area contributed by atoms with Crippen LogP contribution in [0.1, 0.15) is 64.7 Å². The summed E-state index contributed by atoms with van der Waals surface area (Å²) >= 11 is 0. The Morgan fingerprint density at radius 3 is 2.55 bits per heavy atom. The molecule has 1 saturated heterocycles. The fourth-order valence-corrected chi connectivity index (χ4v) is 4.80. The summed E-state index contributed by atoms with van der Waals surface area (Å²) in [6, 6.07) is 0.637. The van der Waals surface area contributed by atoms with Gasteiger partial charge in [-0.15, -0.1) is 0 Å². The molecule has 0 bridgehead atoms. The zero-order chi connectivity index (χ0) is 14.1. The average Bonchev–Trinajstić information content (AvgIpc) is 3.10. The van der Waals surface area contributed by atoms with Gasteiger partial charge in [0.05, 0.1) is 5.92 Å². The molecule has 3 rings (SSSR count). The number of nitrogens with zero attached hydrogens (tertiary/aromatic N) is 1. The Morgan fingerprint density at radius 1 is 1.05 bits per heavy atom. The van der Waals surface area contributed by atoms with Gasteiger partial charge in [0, 0.05) is 18.6 Å². The Labute approximate surface area is 123 Å². The molecule has 0 aromatic heterocycles. The number of carbonyl (C=O) groups is 1. The average molecular weight is 278 g/mol. The lowest BCUT2D eigenvalue weighted by Crippen LogP contribution is -2.49. The molecule has 2 N–H and O–H groups in total. The second-order valence-corrected chi connectivity index (χ2v) is 7.47. The van der Waals surface area contributed by atoms with Crippen LogP contribution in [-0.4, -0.2) is 29.4 Å². The zero-order valence-electron chi connectivity index (χ0n) is 12.9. The van der Waals surface area contributed by atoms with Crippen LogP contribution in [0.2, 0.25) is 0 Å². The summed E-state index contributed by atoms with van der Waals surface area (Å²) in [5.41, 5.74) is 6.26. The molecule has 2 aliphatic carbocycles.